The van der Waals surface area contributed by atoms with Crippen LogP contribution in [0.15, 0.2) is 164 Å². The van der Waals surface area contributed by atoms with Gasteiger partial charge in [-0.1, -0.05) is 109 Å². The monoisotopic (exact) mass is 707 g/mol. The highest BCUT2D eigenvalue weighted by atomic mass is 16.5. The van der Waals surface area contributed by atoms with Crippen LogP contribution in [0.3, 0.4) is 0 Å². The summed E-state index contributed by atoms with van der Waals surface area (Å²) >= 11 is 0. The molecule has 1 aliphatic carbocycles. The quantitative estimate of drug-likeness (QED) is 0.113. The lowest BCUT2D eigenvalue weighted by Crippen LogP contribution is -2.54. The van der Waals surface area contributed by atoms with Crippen LogP contribution in [0.4, 0.5) is 11.4 Å². The highest BCUT2D eigenvalue weighted by Crippen LogP contribution is 2.42. The SMILES string of the molecule is C1=CCCC(c2cccc(C3NC(c4cccc(-c5ccccc5)c4)NC(c4cc(C5Nc6ccccc6O5)cc(C5Nc6ccccc6O5)c4)N3)c2)=C1. The van der Waals surface area contributed by atoms with Gasteiger partial charge in [-0.2, -0.15) is 0 Å². The topological polar surface area (TPSA) is 78.6 Å². The highest BCUT2D eigenvalue weighted by molar-refractivity contribution is 5.69. The van der Waals surface area contributed by atoms with Crippen LogP contribution >= 0.6 is 0 Å². The molecule has 7 heteroatoms. The van der Waals surface area contributed by atoms with Gasteiger partial charge in [0.05, 0.1) is 29.9 Å². The molecular formula is C47H41N5O2. The van der Waals surface area contributed by atoms with Crippen molar-refractivity contribution in [3.05, 3.63) is 197 Å². The minimum Gasteiger partial charge on any atom is -0.464 e. The second-order valence-corrected chi connectivity index (χ2v) is 14.3. The molecule has 5 atom stereocenters. The Morgan fingerprint density at radius 1 is 0.444 bits per heavy atom. The molecule has 0 radical (unpaired) electrons. The number of fused-ring (bicyclic) bond motifs is 2. The van der Waals surface area contributed by atoms with Gasteiger partial charge in [0.25, 0.3) is 0 Å². The van der Waals surface area contributed by atoms with Gasteiger partial charge in [0.2, 0.25) is 0 Å². The Balaban J connectivity index is 1.05. The third-order valence-corrected chi connectivity index (χ3v) is 10.7. The van der Waals surface area contributed by atoms with Crippen LogP contribution in [0.5, 0.6) is 11.5 Å². The Labute approximate surface area is 315 Å². The zero-order valence-corrected chi connectivity index (χ0v) is 29.7. The minimum atomic E-state index is -0.352. The lowest BCUT2D eigenvalue weighted by atomic mass is 9.94. The van der Waals surface area contributed by atoms with Crippen molar-refractivity contribution in [3.63, 3.8) is 0 Å². The molecule has 6 aromatic rings. The molecule has 266 valence electrons. The molecule has 0 bridgehead atoms. The van der Waals surface area contributed by atoms with E-state index in [1.807, 2.05) is 36.4 Å². The van der Waals surface area contributed by atoms with Crippen molar-refractivity contribution < 1.29 is 9.47 Å². The summed E-state index contributed by atoms with van der Waals surface area (Å²) in [7, 11) is 0. The minimum absolute atomic E-state index is 0.149. The Kier molecular flexibility index (Phi) is 8.45. The molecule has 7 nitrogen and oxygen atoms in total. The van der Waals surface area contributed by atoms with Crippen LogP contribution in [0.25, 0.3) is 16.7 Å². The first-order chi connectivity index (χ1) is 26.7. The number of hydrogen-bond acceptors (Lipinski definition) is 7. The number of allylic oxidation sites excluding steroid dienone is 4. The molecule has 6 aromatic carbocycles. The maximum absolute atomic E-state index is 6.49. The summed E-state index contributed by atoms with van der Waals surface area (Å²) in [6, 6.07) is 51.2. The third kappa shape index (κ3) is 6.43. The lowest BCUT2D eigenvalue weighted by molar-refractivity contribution is 0.202. The van der Waals surface area contributed by atoms with E-state index in [1.54, 1.807) is 0 Å². The van der Waals surface area contributed by atoms with E-state index in [1.165, 1.54) is 27.8 Å². The second kappa shape index (κ2) is 14.0. The largest absolute Gasteiger partial charge is 0.464 e. The summed E-state index contributed by atoms with van der Waals surface area (Å²) < 4.78 is 13.0. The van der Waals surface area contributed by atoms with Gasteiger partial charge in [0, 0.05) is 11.1 Å². The van der Waals surface area contributed by atoms with Gasteiger partial charge >= 0.3 is 0 Å². The van der Waals surface area contributed by atoms with E-state index < -0.39 is 0 Å². The van der Waals surface area contributed by atoms with E-state index in [0.29, 0.717) is 0 Å². The van der Waals surface area contributed by atoms with Crippen molar-refractivity contribution in [1.82, 2.24) is 16.0 Å². The number of nitrogens with one attached hydrogen (secondary N) is 5. The van der Waals surface area contributed by atoms with Gasteiger partial charge in [0.1, 0.15) is 11.5 Å². The summed E-state index contributed by atoms with van der Waals surface area (Å²) in [6.45, 7) is 0. The van der Waals surface area contributed by atoms with E-state index in [-0.39, 0.29) is 31.0 Å². The molecule has 54 heavy (non-hydrogen) atoms. The first kappa shape index (κ1) is 32.5. The van der Waals surface area contributed by atoms with Gasteiger partial charge in [-0.3, -0.25) is 16.0 Å². The second-order valence-electron chi connectivity index (χ2n) is 14.3. The molecule has 0 amide bonds. The van der Waals surface area contributed by atoms with E-state index in [2.05, 4.69) is 154 Å². The molecule has 5 unspecified atom stereocenters. The van der Waals surface area contributed by atoms with Crippen molar-refractivity contribution in [2.24, 2.45) is 0 Å². The Hall–Kier alpha value is -6.12. The fourth-order valence-electron chi connectivity index (χ4n) is 7.96. The van der Waals surface area contributed by atoms with Gasteiger partial charge in [-0.05, 0) is 106 Å². The zero-order chi connectivity index (χ0) is 35.8. The number of rotatable bonds is 7. The van der Waals surface area contributed by atoms with Crippen LogP contribution in [-0.4, -0.2) is 0 Å². The molecular weight excluding hydrogens is 667 g/mol. The molecule has 3 aliphatic heterocycles. The third-order valence-electron chi connectivity index (χ3n) is 10.7. The van der Waals surface area contributed by atoms with Gasteiger partial charge in [0.15, 0.2) is 12.5 Å². The summed E-state index contributed by atoms with van der Waals surface area (Å²) in [6.07, 6.45) is 7.52. The zero-order valence-electron chi connectivity index (χ0n) is 29.7. The molecule has 10 rings (SSSR count). The van der Waals surface area contributed by atoms with Crippen molar-refractivity contribution in [2.75, 3.05) is 10.6 Å². The van der Waals surface area contributed by atoms with Crippen LogP contribution in [0, 0.1) is 0 Å². The number of hydrogen-bond donors (Lipinski definition) is 5. The van der Waals surface area contributed by atoms with Crippen molar-refractivity contribution in [1.29, 1.82) is 0 Å². The van der Waals surface area contributed by atoms with E-state index in [9.17, 15) is 0 Å². The van der Waals surface area contributed by atoms with Crippen LogP contribution < -0.4 is 36.1 Å². The summed E-state index contributed by atoms with van der Waals surface area (Å²) in [5, 5.41) is 19.0. The number of anilines is 2. The van der Waals surface area contributed by atoms with Gasteiger partial charge in [-0.15, -0.1) is 0 Å². The standard InChI is InChI=1S/C47H41N5O2/c1-3-13-30(14-4-1)32-17-11-19-34(25-32)43-50-44(35-20-12-18-33(26-35)31-15-5-2-6-16-31)52-45(51-43)36-27-37(46-48-39-21-7-9-23-41(39)53-46)29-38(28-36)47-49-40-22-8-10-24-42(40)54-47/h1-5,7-15,17-29,43-52H,6,16H2. The van der Waals surface area contributed by atoms with E-state index >= 15 is 0 Å². The van der Waals surface area contributed by atoms with Crippen molar-refractivity contribution in [3.8, 4) is 22.6 Å². The first-order valence-electron chi connectivity index (χ1n) is 18.8. The van der Waals surface area contributed by atoms with Gasteiger partial charge in [-0.25, -0.2) is 0 Å². The highest BCUT2D eigenvalue weighted by Gasteiger charge is 2.33. The molecule has 1 fully saturated rings. The fourth-order valence-corrected chi connectivity index (χ4v) is 7.96. The predicted molar refractivity (Wildman–Crippen MR) is 216 cm³/mol. The average molecular weight is 708 g/mol. The molecule has 5 N–H and O–H groups in total. The molecule has 0 spiro atoms. The normalized spacial score (nSPS) is 22.5. The summed E-state index contributed by atoms with van der Waals surface area (Å²) in [4.78, 5) is 0. The number of benzene rings is 6. The summed E-state index contributed by atoms with van der Waals surface area (Å²) in [5.41, 5.74) is 12.4. The van der Waals surface area contributed by atoms with Crippen LogP contribution in [0.2, 0.25) is 0 Å². The predicted octanol–water partition coefficient (Wildman–Crippen LogP) is 10.3. The van der Waals surface area contributed by atoms with E-state index in [4.69, 9.17) is 9.47 Å². The summed E-state index contributed by atoms with van der Waals surface area (Å²) in [5.74, 6) is 1.69. The van der Waals surface area contributed by atoms with Crippen molar-refractivity contribution in [2.45, 2.75) is 43.8 Å². The van der Waals surface area contributed by atoms with Crippen LogP contribution in [0.1, 0.15) is 77.2 Å². The Morgan fingerprint density at radius 3 is 1.56 bits per heavy atom. The Bertz CT molecular complexity index is 2270. The molecule has 1 saturated heterocycles. The van der Waals surface area contributed by atoms with Crippen LogP contribution in [-0.2, 0) is 0 Å². The smallest absolute Gasteiger partial charge is 0.196 e. The number of para-hydroxylation sites is 4. The maximum atomic E-state index is 6.49. The molecule has 0 aromatic heterocycles. The fraction of sp³-hybridized carbons (Fsp3) is 0.149. The van der Waals surface area contributed by atoms with Gasteiger partial charge < -0.3 is 20.1 Å². The first-order valence-corrected chi connectivity index (χ1v) is 18.8. The molecule has 4 aliphatic rings. The molecule has 3 heterocycles. The average Bonchev–Trinajstić information content (AvgIpc) is 3.90. The van der Waals surface area contributed by atoms with Crippen molar-refractivity contribution >= 4 is 16.9 Å². The van der Waals surface area contributed by atoms with E-state index in [0.717, 1.165) is 58.0 Å². The Morgan fingerprint density at radius 2 is 0.963 bits per heavy atom. The number of ether oxygens (including phenoxy) is 2. The lowest BCUT2D eigenvalue weighted by Gasteiger charge is -2.40. The maximum Gasteiger partial charge on any atom is 0.196 e. The molecule has 0 saturated carbocycles.